The van der Waals surface area contributed by atoms with E-state index in [9.17, 15) is 0 Å². The second-order valence-electron chi connectivity index (χ2n) is 4.92. The Morgan fingerprint density at radius 2 is 1.83 bits per heavy atom. The number of nitrogens with one attached hydrogen (secondary N) is 1. The third-order valence-electron chi connectivity index (χ3n) is 3.63. The number of hydrogen-bond acceptors (Lipinski definition) is 6. The van der Waals surface area contributed by atoms with Crippen molar-refractivity contribution in [1.29, 1.82) is 0 Å². The molecule has 1 aromatic heterocycles. The van der Waals surface area contributed by atoms with Crippen molar-refractivity contribution in [3.05, 3.63) is 48.3 Å². The fourth-order valence-electron chi connectivity index (χ4n) is 2.44. The van der Waals surface area contributed by atoms with Crippen molar-refractivity contribution in [3.8, 4) is 17.2 Å². The summed E-state index contributed by atoms with van der Waals surface area (Å²) in [6.45, 7) is 0.719. The zero-order chi connectivity index (χ0) is 16.2. The fourth-order valence-corrected chi connectivity index (χ4v) is 2.69. The molecule has 0 aliphatic carbocycles. The van der Waals surface area contributed by atoms with Crippen molar-refractivity contribution in [2.24, 2.45) is 5.14 Å². The Hall–Kier alpha value is -2.22. The molecule has 6 nitrogen and oxygen atoms in total. The molecular weight excluding hydrogens is 312 g/mol. The van der Waals surface area contributed by atoms with Crippen molar-refractivity contribution in [2.75, 3.05) is 14.2 Å². The molecule has 3 rings (SSSR count). The molecule has 0 atom stereocenters. The Morgan fingerprint density at radius 3 is 2.48 bits per heavy atom. The van der Waals surface area contributed by atoms with Crippen LogP contribution in [0.2, 0.25) is 0 Å². The molecule has 0 aliphatic rings. The molecule has 0 amide bonds. The third-order valence-corrected chi connectivity index (χ3v) is 3.94. The van der Waals surface area contributed by atoms with Gasteiger partial charge in [0.2, 0.25) is 0 Å². The summed E-state index contributed by atoms with van der Waals surface area (Å²) in [7, 11) is 3.24. The van der Waals surface area contributed by atoms with Gasteiger partial charge in [-0.05, 0) is 17.7 Å². The first-order valence-electron chi connectivity index (χ1n) is 7.03. The highest BCUT2D eigenvalue weighted by atomic mass is 32.2. The van der Waals surface area contributed by atoms with Crippen molar-refractivity contribution >= 4 is 23.2 Å². The van der Waals surface area contributed by atoms with E-state index >= 15 is 0 Å². The fraction of sp³-hybridized carbons (Fsp3) is 0.188. The average Bonchev–Trinajstić information content (AvgIpc) is 3.01. The van der Waals surface area contributed by atoms with Crippen LogP contribution in [0.1, 0.15) is 5.56 Å². The number of ether oxygens (including phenoxy) is 2. The lowest BCUT2D eigenvalue weighted by atomic mass is 10.2. The second-order valence-corrected chi connectivity index (χ2v) is 5.44. The second kappa shape index (κ2) is 6.91. The minimum Gasteiger partial charge on any atom is -0.493 e. The van der Waals surface area contributed by atoms with Crippen LogP contribution in [-0.4, -0.2) is 23.8 Å². The number of nitrogens with zero attached hydrogens (tertiary/aromatic N) is 2. The van der Waals surface area contributed by atoms with Crippen LogP contribution in [0, 0.1) is 0 Å². The molecule has 0 bridgehead atoms. The van der Waals surface area contributed by atoms with Crippen LogP contribution in [-0.2, 0) is 6.54 Å². The van der Waals surface area contributed by atoms with Gasteiger partial charge in [-0.3, -0.25) is 9.71 Å². The first-order valence-corrected chi connectivity index (χ1v) is 7.91. The van der Waals surface area contributed by atoms with E-state index in [4.69, 9.17) is 14.6 Å². The Labute approximate surface area is 138 Å². The molecule has 0 fully saturated rings. The normalized spacial score (nSPS) is 10.9. The minimum atomic E-state index is 0.672. The number of fused-ring (bicyclic) bond motifs is 1. The van der Waals surface area contributed by atoms with Gasteiger partial charge in [-0.25, -0.2) is 9.71 Å². The number of benzene rings is 2. The average molecular weight is 330 g/mol. The maximum absolute atomic E-state index is 5.38. The van der Waals surface area contributed by atoms with E-state index < -0.39 is 0 Å². The minimum absolute atomic E-state index is 0.672. The lowest BCUT2D eigenvalue weighted by Gasteiger charge is -2.09. The van der Waals surface area contributed by atoms with Crippen LogP contribution in [0.15, 0.2) is 42.7 Å². The van der Waals surface area contributed by atoms with Crippen LogP contribution >= 0.6 is 12.1 Å². The van der Waals surface area contributed by atoms with Gasteiger partial charge < -0.3 is 9.47 Å². The van der Waals surface area contributed by atoms with Crippen LogP contribution in [0.3, 0.4) is 0 Å². The summed E-state index contributed by atoms with van der Waals surface area (Å²) < 4.78 is 15.7. The SMILES string of the molecule is COc1cc2ncn(-c3ccc(CNSN)cc3)c2cc1OC. The number of nitrogens with two attached hydrogens (primary N) is 1. The first-order chi connectivity index (χ1) is 11.3. The zero-order valence-electron chi connectivity index (χ0n) is 12.9. The van der Waals surface area contributed by atoms with E-state index in [0.717, 1.165) is 41.0 Å². The Morgan fingerprint density at radius 1 is 1.13 bits per heavy atom. The van der Waals surface area contributed by atoms with Gasteiger partial charge in [0, 0.05) is 36.5 Å². The quantitative estimate of drug-likeness (QED) is 0.677. The number of imidazole rings is 1. The van der Waals surface area contributed by atoms with E-state index in [0.29, 0.717) is 11.5 Å². The molecule has 0 radical (unpaired) electrons. The molecule has 0 saturated carbocycles. The number of aromatic nitrogens is 2. The largest absolute Gasteiger partial charge is 0.493 e. The van der Waals surface area contributed by atoms with Crippen LogP contribution in [0.25, 0.3) is 16.7 Å². The van der Waals surface area contributed by atoms with Crippen LogP contribution < -0.4 is 19.3 Å². The van der Waals surface area contributed by atoms with Crippen molar-refractivity contribution in [3.63, 3.8) is 0 Å². The van der Waals surface area contributed by atoms with Gasteiger partial charge in [-0.2, -0.15) is 0 Å². The molecule has 7 heteroatoms. The molecule has 120 valence electrons. The lowest BCUT2D eigenvalue weighted by Crippen LogP contribution is -2.06. The van der Waals surface area contributed by atoms with Crippen LogP contribution in [0.4, 0.5) is 0 Å². The smallest absolute Gasteiger partial charge is 0.163 e. The van der Waals surface area contributed by atoms with Crippen molar-refractivity contribution in [2.45, 2.75) is 6.54 Å². The highest BCUT2D eigenvalue weighted by molar-refractivity contribution is 7.95. The molecular formula is C16H18N4O2S. The molecule has 0 aliphatic heterocycles. The van der Waals surface area contributed by atoms with E-state index in [2.05, 4.69) is 34.0 Å². The Kier molecular flexibility index (Phi) is 4.71. The van der Waals surface area contributed by atoms with Gasteiger partial charge in [-0.15, -0.1) is 0 Å². The molecule has 0 spiro atoms. The molecule has 2 aromatic carbocycles. The zero-order valence-corrected chi connectivity index (χ0v) is 13.8. The molecule has 1 heterocycles. The molecule has 0 unspecified atom stereocenters. The number of methoxy groups -OCH3 is 2. The molecule has 3 N–H and O–H groups in total. The Bertz CT molecular complexity index is 802. The summed E-state index contributed by atoms with van der Waals surface area (Å²) in [5.41, 5.74) is 4.01. The summed E-state index contributed by atoms with van der Waals surface area (Å²) in [6.07, 6.45) is 1.80. The van der Waals surface area contributed by atoms with E-state index in [1.807, 2.05) is 16.7 Å². The van der Waals surface area contributed by atoms with E-state index in [-0.39, 0.29) is 0 Å². The molecule has 3 aromatic rings. The summed E-state index contributed by atoms with van der Waals surface area (Å²) in [6, 6.07) is 12.0. The molecule has 0 saturated heterocycles. The summed E-state index contributed by atoms with van der Waals surface area (Å²) in [4.78, 5) is 4.45. The predicted octanol–water partition coefficient (Wildman–Crippen LogP) is 2.65. The lowest BCUT2D eigenvalue weighted by molar-refractivity contribution is 0.355. The van der Waals surface area contributed by atoms with Crippen molar-refractivity contribution < 1.29 is 9.47 Å². The van der Waals surface area contributed by atoms with Gasteiger partial charge >= 0.3 is 0 Å². The highest BCUT2D eigenvalue weighted by Gasteiger charge is 2.11. The van der Waals surface area contributed by atoms with Gasteiger partial charge in [0.05, 0.1) is 25.3 Å². The summed E-state index contributed by atoms with van der Waals surface area (Å²) in [5.74, 6) is 1.36. The third kappa shape index (κ3) is 3.12. The number of rotatable bonds is 6. The number of hydrogen-bond donors (Lipinski definition) is 2. The first kappa shape index (κ1) is 15.7. The van der Waals surface area contributed by atoms with E-state index in [1.54, 1.807) is 20.5 Å². The van der Waals surface area contributed by atoms with E-state index in [1.165, 1.54) is 0 Å². The van der Waals surface area contributed by atoms with Crippen LogP contribution in [0.5, 0.6) is 11.5 Å². The summed E-state index contributed by atoms with van der Waals surface area (Å²) >= 11 is 1.12. The maximum Gasteiger partial charge on any atom is 0.163 e. The standard InChI is InChI=1S/C16H18N4O2S/c1-21-15-7-13-14(8-16(15)22-2)20(10-18-13)12-5-3-11(4-6-12)9-19-23-17/h3-8,10,19H,9,17H2,1-2H3. The Balaban J connectivity index is 1.99. The van der Waals surface area contributed by atoms with Gasteiger partial charge in [0.15, 0.2) is 11.5 Å². The topological polar surface area (TPSA) is 74.3 Å². The maximum atomic E-state index is 5.38. The highest BCUT2D eigenvalue weighted by Crippen LogP contribution is 2.32. The van der Waals surface area contributed by atoms with Crippen molar-refractivity contribution in [1.82, 2.24) is 14.3 Å². The van der Waals surface area contributed by atoms with Gasteiger partial charge in [-0.1, -0.05) is 12.1 Å². The van der Waals surface area contributed by atoms with Gasteiger partial charge in [0.1, 0.15) is 6.33 Å². The monoisotopic (exact) mass is 330 g/mol. The molecule has 23 heavy (non-hydrogen) atoms. The summed E-state index contributed by atoms with van der Waals surface area (Å²) in [5, 5.41) is 5.37. The predicted molar refractivity (Wildman–Crippen MR) is 92.8 cm³/mol. The van der Waals surface area contributed by atoms with Gasteiger partial charge in [0.25, 0.3) is 0 Å².